The molecule has 0 spiro atoms. The summed E-state index contributed by atoms with van der Waals surface area (Å²) in [5.74, 6) is -0.113. The van der Waals surface area contributed by atoms with Crippen LogP contribution in [0.25, 0.3) is 0 Å². The Labute approximate surface area is 108 Å². The molecule has 1 aromatic rings. The molecule has 4 heteroatoms. The van der Waals surface area contributed by atoms with Gasteiger partial charge in [-0.25, -0.2) is 0 Å². The van der Waals surface area contributed by atoms with Crippen LogP contribution in [0.3, 0.4) is 0 Å². The van der Waals surface area contributed by atoms with E-state index < -0.39 is 0 Å². The minimum absolute atomic E-state index is 0.0954. The maximum absolute atomic E-state index is 11.9. The van der Waals surface area contributed by atoms with Crippen LogP contribution < -0.4 is 5.32 Å². The summed E-state index contributed by atoms with van der Waals surface area (Å²) in [6, 6.07) is 5.35. The van der Waals surface area contributed by atoms with Crippen molar-refractivity contribution in [1.29, 1.82) is 5.26 Å². The average Bonchev–Trinajstić information content (AvgIpc) is 2.37. The molecule has 0 atom stereocenters. The maximum Gasteiger partial charge on any atom is 0.251 e. The molecule has 1 heterocycles. The van der Waals surface area contributed by atoms with Crippen molar-refractivity contribution in [3.63, 3.8) is 0 Å². The Morgan fingerprint density at radius 1 is 1.56 bits per heavy atom. The molecule has 96 valence electrons. The van der Waals surface area contributed by atoms with Gasteiger partial charge in [-0.15, -0.1) is 0 Å². The van der Waals surface area contributed by atoms with Gasteiger partial charge in [-0.2, -0.15) is 5.26 Å². The highest BCUT2D eigenvalue weighted by atomic mass is 16.1. The summed E-state index contributed by atoms with van der Waals surface area (Å²) in [7, 11) is 0. The van der Waals surface area contributed by atoms with Gasteiger partial charge in [0.05, 0.1) is 18.2 Å². The van der Waals surface area contributed by atoms with Gasteiger partial charge >= 0.3 is 0 Å². The van der Waals surface area contributed by atoms with Crippen LogP contribution in [-0.2, 0) is 6.42 Å². The zero-order valence-electron chi connectivity index (χ0n) is 11.2. The van der Waals surface area contributed by atoms with Crippen LogP contribution >= 0.6 is 0 Å². The predicted octanol–water partition coefficient (Wildman–Crippen LogP) is 2.31. The van der Waals surface area contributed by atoms with Crippen LogP contribution in [-0.4, -0.2) is 17.4 Å². The van der Waals surface area contributed by atoms with E-state index in [1.807, 2.05) is 6.07 Å². The van der Waals surface area contributed by atoms with Gasteiger partial charge in [-0.1, -0.05) is 20.8 Å². The summed E-state index contributed by atoms with van der Waals surface area (Å²) in [5.41, 5.74) is 1.28. The first-order valence-electron chi connectivity index (χ1n) is 6.08. The van der Waals surface area contributed by atoms with Crippen LogP contribution in [0, 0.1) is 16.7 Å². The number of aromatic nitrogens is 1. The molecule has 4 nitrogen and oxygen atoms in total. The fraction of sp³-hybridized carbons (Fsp3) is 0.500. The zero-order valence-corrected chi connectivity index (χ0v) is 11.2. The molecule has 0 bridgehead atoms. The zero-order chi connectivity index (χ0) is 13.6. The lowest BCUT2D eigenvalue weighted by atomic mass is 9.90. The number of pyridine rings is 1. The number of carbonyl (C=O) groups excluding carboxylic acids is 1. The highest BCUT2D eigenvalue weighted by Gasteiger charge is 2.16. The number of carbonyl (C=O) groups is 1. The normalized spacial score (nSPS) is 10.8. The fourth-order valence-electron chi connectivity index (χ4n) is 1.34. The highest BCUT2D eigenvalue weighted by molar-refractivity contribution is 5.94. The van der Waals surface area contributed by atoms with Crippen molar-refractivity contribution < 1.29 is 4.79 Å². The van der Waals surface area contributed by atoms with E-state index in [1.165, 1.54) is 0 Å². The highest BCUT2D eigenvalue weighted by Crippen LogP contribution is 2.17. The smallest absolute Gasteiger partial charge is 0.251 e. The Morgan fingerprint density at radius 2 is 2.28 bits per heavy atom. The van der Waals surface area contributed by atoms with E-state index in [0.29, 0.717) is 17.8 Å². The van der Waals surface area contributed by atoms with Gasteiger partial charge in [0.25, 0.3) is 5.91 Å². The Balaban J connectivity index is 2.67. The largest absolute Gasteiger partial charge is 0.352 e. The first kappa shape index (κ1) is 14.2. The Hall–Kier alpha value is -1.89. The third-order valence-corrected chi connectivity index (χ3v) is 3.02. The van der Waals surface area contributed by atoms with Gasteiger partial charge in [0, 0.05) is 18.3 Å². The van der Waals surface area contributed by atoms with Gasteiger partial charge in [0.15, 0.2) is 0 Å². The molecule has 0 aliphatic heterocycles. The summed E-state index contributed by atoms with van der Waals surface area (Å²) in [5, 5.41) is 11.5. The molecular formula is C14H19N3O. The van der Waals surface area contributed by atoms with Crippen molar-refractivity contribution in [3.8, 4) is 6.07 Å². The molecule has 0 aliphatic rings. The molecular weight excluding hydrogens is 226 g/mol. The fourth-order valence-corrected chi connectivity index (χ4v) is 1.34. The molecule has 0 fully saturated rings. The maximum atomic E-state index is 11.9. The van der Waals surface area contributed by atoms with E-state index in [0.717, 1.165) is 6.42 Å². The van der Waals surface area contributed by atoms with Crippen molar-refractivity contribution in [1.82, 2.24) is 10.3 Å². The van der Waals surface area contributed by atoms with Crippen molar-refractivity contribution in [2.24, 2.45) is 5.41 Å². The van der Waals surface area contributed by atoms with Crippen molar-refractivity contribution in [2.75, 3.05) is 6.54 Å². The average molecular weight is 245 g/mol. The molecule has 0 radical (unpaired) electrons. The lowest BCUT2D eigenvalue weighted by Crippen LogP contribution is -2.33. The van der Waals surface area contributed by atoms with Crippen molar-refractivity contribution in [2.45, 2.75) is 33.6 Å². The Kier molecular flexibility index (Phi) is 4.85. The molecule has 0 aliphatic carbocycles. The van der Waals surface area contributed by atoms with Gasteiger partial charge in [-0.05, 0) is 24.0 Å². The number of hydrogen-bond acceptors (Lipinski definition) is 3. The van der Waals surface area contributed by atoms with E-state index in [9.17, 15) is 4.79 Å². The predicted molar refractivity (Wildman–Crippen MR) is 70.0 cm³/mol. The van der Waals surface area contributed by atoms with Crippen LogP contribution in [0.5, 0.6) is 0 Å². The summed E-state index contributed by atoms with van der Waals surface area (Å²) < 4.78 is 0. The molecule has 1 rings (SSSR count). The number of hydrogen-bond donors (Lipinski definition) is 1. The lowest BCUT2D eigenvalue weighted by Gasteiger charge is -2.22. The molecule has 1 N–H and O–H groups in total. The molecule has 0 saturated heterocycles. The van der Waals surface area contributed by atoms with Crippen molar-refractivity contribution >= 4 is 5.91 Å². The van der Waals surface area contributed by atoms with Gasteiger partial charge < -0.3 is 5.32 Å². The van der Waals surface area contributed by atoms with E-state index in [-0.39, 0.29) is 17.7 Å². The van der Waals surface area contributed by atoms with Gasteiger partial charge in [0.1, 0.15) is 0 Å². The minimum atomic E-state index is -0.113. The molecule has 0 unspecified atom stereocenters. The third kappa shape index (κ3) is 4.17. The number of nitrogens with zero attached hydrogens (tertiary/aromatic N) is 2. The monoisotopic (exact) mass is 245 g/mol. The summed E-state index contributed by atoms with van der Waals surface area (Å²) in [4.78, 5) is 16.0. The molecule has 1 amide bonds. The van der Waals surface area contributed by atoms with Crippen LogP contribution in [0.2, 0.25) is 0 Å². The minimum Gasteiger partial charge on any atom is -0.352 e. The van der Waals surface area contributed by atoms with E-state index in [2.05, 4.69) is 31.1 Å². The number of nitrogens with one attached hydrogen (secondary N) is 1. The molecule has 1 aromatic heterocycles. The molecule has 0 aromatic carbocycles. The third-order valence-electron chi connectivity index (χ3n) is 3.02. The van der Waals surface area contributed by atoms with Crippen LogP contribution in [0.4, 0.5) is 0 Å². The molecule has 18 heavy (non-hydrogen) atoms. The first-order valence-corrected chi connectivity index (χ1v) is 6.08. The summed E-state index contributed by atoms with van der Waals surface area (Å²) >= 11 is 0. The second kappa shape index (κ2) is 6.15. The lowest BCUT2D eigenvalue weighted by molar-refractivity contribution is 0.0935. The summed E-state index contributed by atoms with van der Waals surface area (Å²) in [6.45, 7) is 6.96. The number of nitriles is 1. The number of amides is 1. The first-order chi connectivity index (χ1) is 8.48. The van der Waals surface area contributed by atoms with E-state index >= 15 is 0 Å². The van der Waals surface area contributed by atoms with Crippen LogP contribution in [0.1, 0.15) is 43.2 Å². The van der Waals surface area contributed by atoms with Gasteiger partial charge in [-0.3, -0.25) is 9.78 Å². The SMILES string of the molecule is CCC(C)(C)CNC(=O)c1ccnc(CC#N)c1. The topological polar surface area (TPSA) is 65.8 Å². The van der Waals surface area contributed by atoms with E-state index in [4.69, 9.17) is 5.26 Å². The summed E-state index contributed by atoms with van der Waals surface area (Å²) in [6.07, 6.45) is 2.79. The van der Waals surface area contributed by atoms with Gasteiger partial charge in [0.2, 0.25) is 0 Å². The second-order valence-corrected chi connectivity index (χ2v) is 5.07. The van der Waals surface area contributed by atoms with Crippen LogP contribution in [0.15, 0.2) is 18.3 Å². The Bertz CT molecular complexity index is 460. The second-order valence-electron chi connectivity index (χ2n) is 5.07. The Morgan fingerprint density at radius 3 is 2.89 bits per heavy atom. The van der Waals surface area contributed by atoms with Crippen molar-refractivity contribution in [3.05, 3.63) is 29.6 Å². The molecule has 0 saturated carbocycles. The number of rotatable bonds is 5. The standard InChI is InChI=1S/C14H19N3O/c1-4-14(2,3)10-17-13(18)11-6-8-16-12(9-11)5-7-15/h6,8-9H,4-5,10H2,1-3H3,(H,17,18). The quantitative estimate of drug-likeness (QED) is 0.865. The van der Waals surface area contributed by atoms with E-state index in [1.54, 1.807) is 18.3 Å².